The average Bonchev–Trinajstić information content (AvgIpc) is 2.53. The molecular formula is C13H15F3NO6P. The first kappa shape index (κ1) is 20.0. The smallest absolute Gasteiger partial charge is 0.422 e. The summed E-state index contributed by atoms with van der Waals surface area (Å²) in [7, 11) is -2.60. The van der Waals surface area contributed by atoms with Gasteiger partial charge in [-0.05, 0) is 12.1 Å². The first-order chi connectivity index (χ1) is 11.1. The van der Waals surface area contributed by atoms with Gasteiger partial charge in [-0.25, -0.2) is 0 Å². The molecule has 1 amide bonds. The second-order valence-electron chi connectivity index (χ2n) is 4.24. The SMILES string of the molecule is COP(=O)(OC)/C(C(=O)Nc1ccccc1)=C(/O)OCC(F)(F)F. The van der Waals surface area contributed by atoms with Crippen molar-refractivity contribution in [3.63, 3.8) is 0 Å². The summed E-state index contributed by atoms with van der Waals surface area (Å²) < 4.78 is 62.2. The number of amides is 1. The Morgan fingerprint density at radius 1 is 1.21 bits per heavy atom. The summed E-state index contributed by atoms with van der Waals surface area (Å²) in [6.45, 7) is -1.89. The molecule has 0 spiro atoms. The van der Waals surface area contributed by atoms with Gasteiger partial charge in [0.25, 0.3) is 11.9 Å². The van der Waals surface area contributed by atoms with Crippen molar-refractivity contribution in [2.24, 2.45) is 0 Å². The minimum absolute atomic E-state index is 0.238. The molecule has 0 heterocycles. The Kier molecular flexibility index (Phi) is 6.82. The third kappa shape index (κ3) is 5.55. The van der Waals surface area contributed by atoms with Gasteiger partial charge in [-0.15, -0.1) is 0 Å². The minimum atomic E-state index is -4.78. The Morgan fingerprint density at radius 3 is 2.21 bits per heavy atom. The fourth-order valence-corrected chi connectivity index (χ4v) is 2.64. The molecule has 0 atom stereocenters. The van der Waals surface area contributed by atoms with Crippen LogP contribution in [0.3, 0.4) is 0 Å². The lowest BCUT2D eigenvalue weighted by Crippen LogP contribution is -2.21. The van der Waals surface area contributed by atoms with E-state index < -0.39 is 37.5 Å². The molecule has 0 radical (unpaired) electrons. The normalized spacial score (nSPS) is 13.2. The molecule has 0 aliphatic rings. The number of halogens is 3. The molecule has 0 saturated heterocycles. The van der Waals surface area contributed by atoms with Gasteiger partial charge >= 0.3 is 13.8 Å². The van der Waals surface area contributed by atoms with Gasteiger partial charge in [-0.3, -0.25) is 9.36 Å². The summed E-state index contributed by atoms with van der Waals surface area (Å²) in [6, 6.07) is 7.74. The van der Waals surface area contributed by atoms with E-state index in [0.29, 0.717) is 0 Å². The lowest BCUT2D eigenvalue weighted by Gasteiger charge is -2.18. The van der Waals surface area contributed by atoms with Crippen LogP contribution in [0.2, 0.25) is 0 Å². The van der Waals surface area contributed by atoms with E-state index in [1.165, 1.54) is 12.1 Å². The second kappa shape index (κ2) is 8.18. The first-order valence-electron chi connectivity index (χ1n) is 6.34. The number of nitrogens with one attached hydrogen (secondary N) is 1. The van der Waals surface area contributed by atoms with E-state index in [0.717, 1.165) is 14.2 Å². The maximum Gasteiger partial charge on any atom is 0.422 e. The summed E-state index contributed by atoms with van der Waals surface area (Å²) in [5, 5.41) is 10.8. The van der Waals surface area contributed by atoms with Crippen molar-refractivity contribution < 1.29 is 41.4 Å². The highest BCUT2D eigenvalue weighted by Gasteiger charge is 2.40. The van der Waals surface area contributed by atoms with Gasteiger partial charge < -0.3 is 24.2 Å². The Hall–Kier alpha value is -2.03. The van der Waals surface area contributed by atoms with Crippen LogP contribution in [0, 0.1) is 0 Å². The zero-order valence-corrected chi connectivity index (χ0v) is 13.6. The standard InChI is InChI=1S/C13H15F3NO6P/c1-21-24(20,22-2)10(12(19)23-8-13(14,15)16)11(18)17-9-6-4-3-5-7-9/h3-7,19H,8H2,1-2H3,(H,17,18)/b12-10-. The fraction of sp³-hybridized carbons (Fsp3) is 0.308. The van der Waals surface area contributed by atoms with Gasteiger partial charge in [0.2, 0.25) is 5.31 Å². The molecule has 0 unspecified atom stereocenters. The number of rotatable bonds is 7. The predicted octanol–water partition coefficient (Wildman–Crippen LogP) is 3.42. The Labute approximate surface area is 135 Å². The van der Waals surface area contributed by atoms with E-state index in [4.69, 9.17) is 0 Å². The summed E-state index contributed by atoms with van der Waals surface area (Å²) in [6.07, 6.45) is -4.78. The molecule has 0 aliphatic heterocycles. The van der Waals surface area contributed by atoms with Crippen molar-refractivity contribution in [2.75, 3.05) is 26.1 Å². The van der Waals surface area contributed by atoms with E-state index >= 15 is 0 Å². The summed E-state index contributed by atoms with van der Waals surface area (Å²) >= 11 is 0. The van der Waals surface area contributed by atoms with Gasteiger partial charge in [0.1, 0.15) is 0 Å². The van der Waals surface area contributed by atoms with Crippen LogP contribution >= 0.6 is 7.60 Å². The van der Waals surface area contributed by atoms with Gasteiger partial charge in [-0.2, -0.15) is 13.2 Å². The zero-order valence-electron chi connectivity index (χ0n) is 12.7. The molecule has 134 valence electrons. The zero-order chi connectivity index (χ0) is 18.4. The van der Waals surface area contributed by atoms with Crippen LogP contribution in [0.25, 0.3) is 0 Å². The van der Waals surface area contributed by atoms with Crippen molar-refractivity contribution in [1.82, 2.24) is 0 Å². The summed E-state index contributed by atoms with van der Waals surface area (Å²) in [5.74, 6) is -2.71. The topological polar surface area (TPSA) is 94.1 Å². The van der Waals surface area contributed by atoms with E-state index in [1.807, 2.05) is 0 Å². The van der Waals surface area contributed by atoms with E-state index in [9.17, 15) is 27.6 Å². The van der Waals surface area contributed by atoms with Crippen LogP contribution in [0.15, 0.2) is 41.6 Å². The van der Waals surface area contributed by atoms with Crippen molar-refractivity contribution in [3.8, 4) is 0 Å². The lowest BCUT2D eigenvalue weighted by atomic mass is 10.3. The molecule has 7 nitrogen and oxygen atoms in total. The number of aliphatic hydroxyl groups excluding tert-OH is 1. The molecule has 0 fully saturated rings. The molecule has 0 aromatic heterocycles. The molecule has 1 rings (SSSR count). The number of carbonyl (C=O) groups excluding carboxylic acids is 1. The van der Waals surface area contributed by atoms with Crippen molar-refractivity contribution in [1.29, 1.82) is 0 Å². The monoisotopic (exact) mass is 369 g/mol. The van der Waals surface area contributed by atoms with Crippen LogP contribution in [0.4, 0.5) is 18.9 Å². The maximum absolute atomic E-state index is 12.4. The van der Waals surface area contributed by atoms with Crippen LogP contribution in [-0.2, 0) is 23.1 Å². The number of hydrogen-bond donors (Lipinski definition) is 2. The second-order valence-corrected chi connectivity index (χ2v) is 6.41. The number of anilines is 1. The van der Waals surface area contributed by atoms with Crippen molar-refractivity contribution >= 4 is 19.2 Å². The first-order valence-corrected chi connectivity index (χ1v) is 7.88. The van der Waals surface area contributed by atoms with Crippen molar-refractivity contribution in [2.45, 2.75) is 6.18 Å². The molecule has 24 heavy (non-hydrogen) atoms. The van der Waals surface area contributed by atoms with Crippen LogP contribution in [-0.4, -0.2) is 38.0 Å². The largest absolute Gasteiger partial charge is 0.480 e. The molecule has 2 N–H and O–H groups in total. The van der Waals surface area contributed by atoms with E-state index in [-0.39, 0.29) is 5.69 Å². The number of benzene rings is 1. The molecule has 0 aliphatic carbocycles. The number of carbonyl (C=O) groups is 1. The maximum atomic E-state index is 12.4. The number of hydrogen-bond acceptors (Lipinski definition) is 6. The highest BCUT2D eigenvalue weighted by molar-refractivity contribution is 7.60. The summed E-state index contributed by atoms with van der Waals surface area (Å²) in [5.41, 5.74) is 0.238. The van der Waals surface area contributed by atoms with Crippen molar-refractivity contribution in [3.05, 3.63) is 41.6 Å². The van der Waals surface area contributed by atoms with Crippen LogP contribution in [0.1, 0.15) is 0 Å². The number of para-hydroxylation sites is 1. The highest BCUT2D eigenvalue weighted by Crippen LogP contribution is 2.56. The Bertz CT molecular complexity index is 639. The van der Waals surface area contributed by atoms with Crippen LogP contribution in [0.5, 0.6) is 0 Å². The molecule has 0 bridgehead atoms. The Balaban J connectivity index is 3.18. The minimum Gasteiger partial charge on any atom is -0.480 e. The van der Waals surface area contributed by atoms with Gasteiger partial charge in [0.15, 0.2) is 6.61 Å². The molecule has 0 saturated carbocycles. The van der Waals surface area contributed by atoms with Crippen LogP contribution < -0.4 is 5.32 Å². The molecule has 1 aromatic carbocycles. The number of alkyl halides is 3. The number of aliphatic hydroxyl groups is 1. The quantitative estimate of drug-likeness (QED) is 0.435. The van der Waals surface area contributed by atoms with Gasteiger partial charge in [-0.1, -0.05) is 18.2 Å². The van der Waals surface area contributed by atoms with Gasteiger partial charge in [0.05, 0.1) is 0 Å². The van der Waals surface area contributed by atoms with E-state index in [1.54, 1.807) is 18.2 Å². The molecule has 11 heteroatoms. The third-order valence-electron chi connectivity index (χ3n) is 2.58. The molecular weight excluding hydrogens is 354 g/mol. The van der Waals surface area contributed by atoms with Gasteiger partial charge in [0, 0.05) is 19.9 Å². The fourth-order valence-electron chi connectivity index (χ4n) is 1.53. The number of ether oxygens (including phenoxy) is 1. The van der Waals surface area contributed by atoms with E-state index in [2.05, 4.69) is 19.1 Å². The summed E-state index contributed by atoms with van der Waals surface area (Å²) in [4.78, 5) is 12.2. The highest BCUT2D eigenvalue weighted by atomic mass is 31.2. The lowest BCUT2D eigenvalue weighted by molar-refractivity contribution is -0.173. The molecule has 1 aromatic rings. The average molecular weight is 369 g/mol. The Morgan fingerprint density at radius 2 is 1.75 bits per heavy atom. The third-order valence-corrected chi connectivity index (χ3v) is 4.48. The predicted molar refractivity (Wildman–Crippen MR) is 78.4 cm³/mol.